The van der Waals surface area contributed by atoms with Gasteiger partial charge in [-0.3, -0.25) is 0 Å². The highest BCUT2D eigenvalue weighted by Crippen LogP contribution is 2.39. The zero-order valence-electron chi connectivity index (χ0n) is 16.2. The Labute approximate surface area is 143 Å². The molecule has 1 N–H and O–H groups in total. The smallest absolute Gasteiger partial charge is 0.191 e. The molecule has 0 spiro atoms. The lowest BCUT2D eigenvalue weighted by Gasteiger charge is -2.37. The number of hydrogen-bond donors (Lipinski definition) is 1. The molecule has 0 heterocycles. The fourth-order valence-electron chi connectivity index (χ4n) is 2.70. The van der Waals surface area contributed by atoms with Crippen LogP contribution in [0, 0.1) is 6.92 Å². The monoisotopic (exact) mass is 334 g/mol. The molecule has 0 amide bonds. The first kappa shape index (κ1) is 20.0. The fourth-order valence-corrected chi connectivity index (χ4v) is 3.74. The highest BCUT2D eigenvalue weighted by atomic mass is 28.4. The highest BCUT2D eigenvalue weighted by Gasteiger charge is 2.37. The van der Waals surface area contributed by atoms with Crippen molar-refractivity contribution in [2.45, 2.75) is 71.5 Å². The summed E-state index contributed by atoms with van der Waals surface area (Å²) in [7, 11) is -1.72. The van der Waals surface area contributed by atoms with Crippen molar-refractivity contribution < 1.29 is 9.53 Å². The number of benzene rings is 1. The normalized spacial score (nSPS) is 13.2. The van der Waals surface area contributed by atoms with Crippen LogP contribution in [0.15, 0.2) is 18.7 Å². The second kappa shape index (κ2) is 6.82. The molecule has 0 atom stereocenters. The van der Waals surface area contributed by atoms with Gasteiger partial charge in [-0.25, -0.2) is 0 Å². The van der Waals surface area contributed by atoms with Gasteiger partial charge in [0.1, 0.15) is 5.75 Å². The van der Waals surface area contributed by atoms with Crippen molar-refractivity contribution in [2.24, 2.45) is 0 Å². The lowest BCUT2D eigenvalue weighted by atomic mass is 9.78. The lowest BCUT2D eigenvalue weighted by Crippen LogP contribution is -2.41. The van der Waals surface area contributed by atoms with Crippen molar-refractivity contribution >= 4 is 14.4 Å². The molecule has 0 bridgehead atoms. The van der Waals surface area contributed by atoms with Crippen LogP contribution in [-0.2, 0) is 9.84 Å². The Morgan fingerprint density at radius 2 is 1.74 bits per heavy atom. The predicted molar refractivity (Wildman–Crippen MR) is 104 cm³/mol. The molecule has 0 aromatic heterocycles. The Bertz CT molecular complexity index is 542. The van der Waals surface area contributed by atoms with Crippen LogP contribution in [0.1, 0.15) is 57.7 Å². The Balaban J connectivity index is 2.91. The van der Waals surface area contributed by atoms with E-state index in [2.05, 4.69) is 67.3 Å². The molecule has 0 saturated heterocycles. The van der Waals surface area contributed by atoms with Crippen LogP contribution in [-0.4, -0.2) is 20.0 Å². The molecule has 1 rings (SSSR count). The van der Waals surface area contributed by atoms with Gasteiger partial charge in [0, 0.05) is 12.2 Å². The van der Waals surface area contributed by atoms with Crippen LogP contribution in [0.3, 0.4) is 0 Å². The van der Waals surface area contributed by atoms with Crippen molar-refractivity contribution in [3.8, 4) is 5.75 Å². The molecule has 0 aliphatic heterocycles. The summed E-state index contributed by atoms with van der Waals surface area (Å²) in [4.78, 5) is 0. The topological polar surface area (TPSA) is 29.5 Å². The minimum Gasteiger partial charge on any atom is -0.508 e. The van der Waals surface area contributed by atoms with Crippen molar-refractivity contribution in [1.82, 2.24) is 0 Å². The van der Waals surface area contributed by atoms with Gasteiger partial charge in [0.05, 0.1) is 0 Å². The van der Waals surface area contributed by atoms with Gasteiger partial charge in [0.25, 0.3) is 0 Å². The van der Waals surface area contributed by atoms with Crippen molar-refractivity contribution in [3.63, 3.8) is 0 Å². The van der Waals surface area contributed by atoms with E-state index in [1.54, 1.807) is 12.1 Å². The molecular weight excluding hydrogens is 300 g/mol. The molecule has 0 saturated carbocycles. The van der Waals surface area contributed by atoms with E-state index in [0.717, 1.165) is 29.7 Å². The molecule has 0 unspecified atom stereocenters. The molecule has 23 heavy (non-hydrogen) atoms. The fraction of sp³-hybridized carbons (Fsp3) is 0.600. The molecule has 130 valence electrons. The molecule has 1 aromatic carbocycles. The van der Waals surface area contributed by atoms with Gasteiger partial charge in [-0.2, -0.15) is 0 Å². The summed E-state index contributed by atoms with van der Waals surface area (Å²) < 4.78 is 6.32. The SMILES string of the molecule is C=Cc1cc(C)c(C(C)(C)CCO[Si](C)(C)C(C)(C)C)c(O)c1. The predicted octanol–water partition coefficient (Wildman–Crippen LogP) is 6.03. The van der Waals surface area contributed by atoms with Gasteiger partial charge in [-0.1, -0.05) is 53.3 Å². The van der Waals surface area contributed by atoms with E-state index in [1.165, 1.54) is 0 Å². The minimum atomic E-state index is -1.72. The number of phenols is 1. The van der Waals surface area contributed by atoms with Crippen LogP contribution in [0.2, 0.25) is 18.1 Å². The number of phenolic OH excluding ortho intramolecular Hbond substituents is 1. The van der Waals surface area contributed by atoms with Crippen LogP contribution < -0.4 is 0 Å². The summed E-state index contributed by atoms with van der Waals surface area (Å²) in [5, 5.41) is 10.7. The molecule has 0 fully saturated rings. The van der Waals surface area contributed by atoms with Gasteiger partial charge in [-0.15, -0.1) is 0 Å². The van der Waals surface area contributed by atoms with Crippen LogP contribution >= 0.6 is 0 Å². The molecule has 3 heteroatoms. The number of rotatable bonds is 6. The van der Waals surface area contributed by atoms with E-state index in [-0.39, 0.29) is 10.5 Å². The second-order valence-electron chi connectivity index (χ2n) is 8.68. The first-order valence-corrected chi connectivity index (χ1v) is 11.3. The number of aryl methyl sites for hydroxylation is 1. The summed E-state index contributed by atoms with van der Waals surface area (Å²) in [6.45, 7) is 22.2. The van der Waals surface area contributed by atoms with E-state index in [9.17, 15) is 5.11 Å². The largest absolute Gasteiger partial charge is 0.508 e. The van der Waals surface area contributed by atoms with Crippen LogP contribution in [0.4, 0.5) is 0 Å². The maximum atomic E-state index is 10.4. The molecule has 0 radical (unpaired) electrons. The van der Waals surface area contributed by atoms with Gasteiger partial charge in [0.2, 0.25) is 0 Å². The lowest BCUT2D eigenvalue weighted by molar-refractivity contribution is 0.248. The molecular formula is C20H34O2Si. The summed E-state index contributed by atoms with van der Waals surface area (Å²) in [5.41, 5.74) is 2.95. The van der Waals surface area contributed by atoms with E-state index in [4.69, 9.17) is 4.43 Å². The van der Waals surface area contributed by atoms with Crippen LogP contribution in [0.5, 0.6) is 5.75 Å². The molecule has 0 aliphatic carbocycles. The summed E-state index contributed by atoms with van der Waals surface area (Å²) >= 11 is 0. The average molecular weight is 335 g/mol. The highest BCUT2D eigenvalue weighted by molar-refractivity contribution is 6.74. The van der Waals surface area contributed by atoms with Gasteiger partial charge >= 0.3 is 0 Å². The maximum Gasteiger partial charge on any atom is 0.191 e. The van der Waals surface area contributed by atoms with E-state index < -0.39 is 8.32 Å². The van der Waals surface area contributed by atoms with E-state index >= 15 is 0 Å². The molecule has 0 aliphatic rings. The third-order valence-corrected chi connectivity index (χ3v) is 9.78. The Kier molecular flexibility index (Phi) is 5.92. The summed E-state index contributed by atoms with van der Waals surface area (Å²) in [5.74, 6) is 0.359. The van der Waals surface area contributed by atoms with E-state index in [1.807, 2.05) is 0 Å². The number of hydrogen-bond acceptors (Lipinski definition) is 2. The van der Waals surface area contributed by atoms with Gasteiger partial charge < -0.3 is 9.53 Å². The van der Waals surface area contributed by atoms with E-state index in [0.29, 0.717) is 5.75 Å². The molecule has 2 nitrogen and oxygen atoms in total. The van der Waals surface area contributed by atoms with Gasteiger partial charge in [-0.05, 0) is 54.1 Å². The summed E-state index contributed by atoms with van der Waals surface area (Å²) in [6.07, 6.45) is 2.66. The average Bonchev–Trinajstić information content (AvgIpc) is 2.35. The van der Waals surface area contributed by atoms with Crippen molar-refractivity contribution in [1.29, 1.82) is 0 Å². The minimum absolute atomic E-state index is 0.129. The maximum absolute atomic E-state index is 10.4. The van der Waals surface area contributed by atoms with Crippen molar-refractivity contribution in [2.75, 3.05) is 6.61 Å². The van der Waals surface area contributed by atoms with Crippen LogP contribution in [0.25, 0.3) is 6.08 Å². The third kappa shape index (κ3) is 4.71. The van der Waals surface area contributed by atoms with Gasteiger partial charge in [0.15, 0.2) is 8.32 Å². The Hall–Kier alpha value is -1.06. The first-order chi connectivity index (χ1) is 10.3. The standard InChI is InChI=1S/C20H34O2Si/c1-10-16-13-15(2)18(17(21)14-16)20(6,7)11-12-22-23(8,9)19(3,4)5/h10,13-14,21H,1,11-12H2,2-9H3. The quantitative estimate of drug-likeness (QED) is 0.643. The van der Waals surface area contributed by atoms with Crippen molar-refractivity contribution in [3.05, 3.63) is 35.4 Å². The summed E-state index contributed by atoms with van der Waals surface area (Å²) in [6, 6.07) is 3.88. The zero-order valence-corrected chi connectivity index (χ0v) is 17.2. The molecule has 1 aromatic rings. The first-order valence-electron chi connectivity index (χ1n) is 8.42. The zero-order chi connectivity index (χ0) is 18.1. The number of aromatic hydroxyl groups is 1. The second-order valence-corrected chi connectivity index (χ2v) is 13.5. The Morgan fingerprint density at radius 3 is 2.17 bits per heavy atom. The Morgan fingerprint density at radius 1 is 1.17 bits per heavy atom. The third-order valence-electron chi connectivity index (χ3n) is 5.25.